The maximum absolute atomic E-state index is 6.49. The molecule has 23 heavy (non-hydrogen) atoms. The second kappa shape index (κ2) is 6.13. The predicted octanol–water partition coefficient (Wildman–Crippen LogP) is 3.05. The van der Waals surface area contributed by atoms with E-state index in [9.17, 15) is 0 Å². The van der Waals surface area contributed by atoms with Crippen molar-refractivity contribution in [1.82, 2.24) is 20.1 Å². The average molecular weight is 333 g/mol. The van der Waals surface area contributed by atoms with Gasteiger partial charge in [-0.2, -0.15) is 0 Å². The van der Waals surface area contributed by atoms with Gasteiger partial charge in [0, 0.05) is 29.6 Å². The topological polar surface area (TPSA) is 52.0 Å². The van der Waals surface area contributed by atoms with Crippen molar-refractivity contribution in [2.45, 2.75) is 51.2 Å². The monoisotopic (exact) mass is 332 g/mol. The van der Waals surface area contributed by atoms with Crippen LogP contribution in [-0.4, -0.2) is 21.9 Å². The summed E-state index contributed by atoms with van der Waals surface area (Å²) in [5.41, 5.74) is 2.44. The molecule has 0 saturated heterocycles. The van der Waals surface area contributed by atoms with E-state index in [2.05, 4.69) is 20.1 Å². The Hall–Kier alpha value is -1.59. The number of nitrogens with one attached hydrogen (secondary N) is 1. The highest BCUT2D eigenvalue weighted by atomic mass is 35.5. The van der Waals surface area contributed by atoms with E-state index in [1.54, 1.807) is 7.11 Å². The van der Waals surface area contributed by atoms with Crippen LogP contribution in [0.15, 0.2) is 12.1 Å². The second-order valence-electron chi connectivity index (χ2n) is 6.26. The number of hydrogen-bond acceptors (Lipinski definition) is 4. The lowest BCUT2D eigenvalue weighted by Crippen LogP contribution is -2.27. The quantitative estimate of drug-likeness (QED) is 0.935. The van der Waals surface area contributed by atoms with E-state index in [4.69, 9.17) is 16.3 Å². The third-order valence-corrected chi connectivity index (χ3v) is 5.27. The first-order valence-electron chi connectivity index (χ1n) is 8.27. The summed E-state index contributed by atoms with van der Waals surface area (Å²) in [6.07, 6.45) is 5.47. The Morgan fingerprint density at radius 1 is 1.30 bits per heavy atom. The van der Waals surface area contributed by atoms with E-state index in [1.165, 1.54) is 17.5 Å². The zero-order valence-electron chi connectivity index (χ0n) is 13.3. The number of rotatable bonds is 4. The number of hydrogen-bond donors (Lipinski definition) is 1. The largest absolute Gasteiger partial charge is 0.496 e. The number of aromatic nitrogens is 3. The van der Waals surface area contributed by atoms with Crippen molar-refractivity contribution in [3.8, 4) is 5.75 Å². The zero-order valence-corrected chi connectivity index (χ0v) is 14.1. The maximum atomic E-state index is 6.49. The van der Waals surface area contributed by atoms with Crippen LogP contribution in [0.1, 0.15) is 48.1 Å². The Labute approximate surface area is 141 Å². The van der Waals surface area contributed by atoms with Crippen LogP contribution in [0.3, 0.4) is 0 Å². The minimum atomic E-state index is 0.246. The van der Waals surface area contributed by atoms with Crippen molar-refractivity contribution in [2.75, 3.05) is 7.11 Å². The van der Waals surface area contributed by atoms with Crippen molar-refractivity contribution in [3.05, 3.63) is 39.9 Å². The standard InChI is InChI=1S/C17H21ClN4O/c1-23-14-8-7-12(18)17-11(14)4-2-5-13(17)19-10-16-21-20-15-6-3-9-22(15)16/h7-8,13,19H,2-6,9-10H2,1H3. The van der Waals surface area contributed by atoms with Crippen LogP contribution in [0, 0.1) is 0 Å². The molecule has 2 aliphatic rings. The first-order valence-corrected chi connectivity index (χ1v) is 8.65. The minimum Gasteiger partial charge on any atom is -0.496 e. The lowest BCUT2D eigenvalue weighted by Gasteiger charge is -2.28. The molecule has 4 rings (SSSR count). The molecule has 1 atom stereocenters. The molecule has 2 heterocycles. The van der Waals surface area contributed by atoms with Gasteiger partial charge in [0.25, 0.3) is 0 Å². The van der Waals surface area contributed by atoms with Gasteiger partial charge in [-0.25, -0.2) is 0 Å². The molecule has 1 aliphatic heterocycles. The molecule has 0 saturated carbocycles. The number of fused-ring (bicyclic) bond motifs is 2. The van der Waals surface area contributed by atoms with Crippen molar-refractivity contribution in [2.24, 2.45) is 0 Å². The predicted molar refractivity (Wildman–Crippen MR) is 88.9 cm³/mol. The molecule has 2 aromatic rings. The van der Waals surface area contributed by atoms with Gasteiger partial charge in [-0.05, 0) is 43.4 Å². The summed E-state index contributed by atoms with van der Waals surface area (Å²) in [5.74, 6) is 3.09. The molecule has 122 valence electrons. The second-order valence-corrected chi connectivity index (χ2v) is 6.66. The first kappa shape index (κ1) is 15.0. The van der Waals surface area contributed by atoms with Crippen molar-refractivity contribution >= 4 is 11.6 Å². The number of nitrogens with zero attached hydrogens (tertiary/aromatic N) is 3. The molecular weight excluding hydrogens is 312 g/mol. The molecule has 0 amide bonds. The van der Waals surface area contributed by atoms with Gasteiger partial charge in [-0.15, -0.1) is 10.2 Å². The Morgan fingerprint density at radius 2 is 2.22 bits per heavy atom. The van der Waals surface area contributed by atoms with Gasteiger partial charge in [-0.1, -0.05) is 11.6 Å². The highest BCUT2D eigenvalue weighted by Gasteiger charge is 2.26. The van der Waals surface area contributed by atoms with Crippen LogP contribution in [-0.2, 0) is 25.9 Å². The van der Waals surface area contributed by atoms with E-state index < -0.39 is 0 Å². The van der Waals surface area contributed by atoms with Crippen molar-refractivity contribution < 1.29 is 4.74 Å². The van der Waals surface area contributed by atoms with Gasteiger partial charge < -0.3 is 14.6 Å². The number of ether oxygens (including phenoxy) is 1. The minimum absolute atomic E-state index is 0.246. The molecule has 0 bridgehead atoms. The Balaban J connectivity index is 1.57. The molecule has 0 radical (unpaired) electrons. The molecule has 1 N–H and O–H groups in total. The molecule has 1 aromatic carbocycles. The molecule has 0 fully saturated rings. The summed E-state index contributed by atoms with van der Waals surface area (Å²) in [5, 5.41) is 13.1. The van der Waals surface area contributed by atoms with Gasteiger partial charge in [0.2, 0.25) is 0 Å². The normalized spacial score (nSPS) is 19.5. The van der Waals surface area contributed by atoms with Gasteiger partial charge in [0.1, 0.15) is 17.4 Å². The van der Waals surface area contributed by atoms with Crippen LogP contribution in [0.25, 0.3) is 0 Å². The average Bonchev–Trinajstić information content (AvgIpc) is 3.17. The number of aryl methyl sites for hydroxylation is 1. The van der Waals surface area contributed by atoms with Crippen LogP contribution in [0.2, 0.25) is 5.02 Å². The van der Waals surface area contributed by atoms with Gasteiger partial charge in [0.15, 0.2) is 0 Å². The van der Waals surface area contributed by atoms with Gasteiger partial charge in [-0.3, -0.25) is 0 Å². The summed E-state index contributed by atoms with van der Waals surface area (Å²) < 4.78 is 7.75. The maximum Gasteiger partial charge on any atom is 0.147 e. The van der Waals surface area contributed by atoms with E-state index in [-0.39, 0.29) is 6.04 Å². The summed E-state index contributed by atoms with van der Waals surface area (Å²) in [4.78, 5) is 0. The lowest BCUT2D eigenvalue weighted by molar-refractivity contribution is 0.394. The first-order chi connectivity index (χ1) is 11.3. The third kappa shape index (κ3) is 2.62. The molecule has 1 unspecified atom stereocenters. The fourth-order valence-corrected chi connectivity index (χ4v) is 4.14. The Bertz CT molecular complexity index is 728. The zero-order chi connectivity index (χ0) is 15.8. The van der Waals surface area contributed by atoms with E-state index in [0.29, 0.717) is 0 Å². The molecule has 1 aliphatic carbocycles. The van der Waals surface area contributed by atoms with Crippen molar-refractivity contribution in [3.63, 3.8) is 0 Å². The lowest BCUT2D eigenvalue weighted by atomic mass is 9.87. The summed E-state index contributed by atoms with van der Waals surface area (Å²) in [7, 11) is 1.72. The highest BCUT2D eigenvalue weighted by Crippen LogP contribution is 2.39. The molecule has 1 aromatic heterocycles. The van der Waals surface area contributed by atoms with Crippen LogP contribution < -0.4 is 10.1 Å². The fourth-order valence-electron chi connectivity index (χ4n) is 3.83. The van der Waals surface area contributed by atoms with E-state index in [1.807, 2.05) is 12.1 Å². The Kier molecular flexibility index (Phi) is 3.99. The molecule has 0 spiro atoms. The van der Waals surface area contributed by atoms with Gasteiger partial charge >= 0.3 is 0 Å². The van der Waals surface area contributed by atoms with Crippen LogP contribution >= 0.6 is 11.6 Å². The summed E-state index contributed by atoms with van der Waals surface area (Å²) in [6.45, 7) is 1.76. The smallest absolute Gasteiger partial charge is 0.147 e. The fraction of sp³-hybridized carbons (Fsp3) is 0.529. The summed E-state index contributed by atoms with van der Waals surface area (Å²) in [6, 6.07) is 4.15. The highest BCUT2D eigenvalue weighted by molar-refractivity contribution is 6.31. The molecular formula is C17H21ClN4O. The van der Waals surface area contributed by atoms with E-state index >= 15 is 0 Å². The molecule has 6 heteroatoms. The Morgan fingerprint density at radius 3 is 3.09 bits per heavy atom. The summed E-state index contributed by atoms with van der Waals surface area (Å²) >= 11 is 6.49. The van der Waals surface area contributed by atoms with Crippen LogP contribution in [0.5, 0.6) is 5.75 Å². The number of halogens is 1. The van der Waals surface area contributed by atoms with E-state index in [0.717, 1.165) is 61.2 Å². The van der Waals surface area contributed by atoms with Gasteiger partial charge in [0.05, 0.1) is 13.7 Å². The number of methoxy groups -OCH3 is 1. The molecule has 5 nitrogen and oxygen atoms in total. The van der Waals surface area contributed by atoms with Crippen molar-refractivity contribution in [1.29, 1.82) is 0 Å². The number of benzene rings is 1. The third-order valence-electron chi connectivity index (χ3n) is 4.94. The van der Waals surface area contributed by atoms with Crippen LogP contribution in [0.4, 0.5) is 0 Å². The SMILES string of the molecule is COc1ccc(Cl)c2c1CCCC2NCc1nnc2n1CCC2.